The van der Waals surface area contributed by atoms with E-state index in [4.69, 9.17) is 4.74 Å². The number of pyridine rings is 1. The molecule has 1 heterocycles. The molecule has 0 bridgehead atoms. The lowest BCUT2D eigenvalue weighted by molar-refractivity contribution is -0.136. The molecular formula is C19H14F3N3O3. The fraction of sp³-hybridized carbons (Fsp3) is 0.105. The molecule has 3 aromatic rings. The maximum atomic E-state index is 13.1. The van der Waals surface area contributed by atoms with Crippen LogP contribution in [0.15, 0.2) is 58.6 Å². The maximum absolute atomic E-state index is 13.1. The Hall–Kier alpha value is -3.62. The van der Waals surface area contributed by atoms with Crippen LogP contribution in [0.4, 0.5) is 13.2 Å². The van der Waals surface area contributed by atoms with Crippen molar-refractivity contribution in [1.82, 2.24) is 10.4 Å². The number of fused-ring (bicyclic) bond motifs is 1. The third-order valence-corrected chi connectivity index (χ3v) is 3.96. The molecule has 0 aliphatic heterocycles. The van der Waals surface area contributed by atoms with Gasteiger partial charge in [0.1, 0.15) is 11.3 Å². The van der Waals surface area contributed by atoms with Crippen LogP contribution in [0.5, 0.6) is 5.75 Å². The Labute approximate surface area is 156 Å². The van der Waals surface area contributed by atoms with Crippen LogP contribution in [0.2, 0.25) is 0 Å². The quantitative estimate of drug-likeness (QED) is 0.530. The number of aromatic nitrogens is 1. The summed E-state index contributed by atoms with van der Waals surface area (Å²) in [6.45, 7) is 0. The van der Waals surface area contributed by atoms with Gasteiger partial charge in [0.25, 0.3) is 5.91 Å². The second kappa shape index (κ2) is 7.55. The van der Waals surface area contributed by atoms with E-state index in [-0.39, 0.29) is 16.5 Å². The Balaban J connectivity index is 1.85. The van der Waals surface area contributed by atoms with Gasteiger partial charge in [0.05, 0.1) is 24.4 Å². The van der Waals surface area contributed by atoms with Crippen LogP contribution in [0.25, 0.3) is 10.9 Å². The summed E-state index contributed by atoms with van der Waals surface area (Å²) < 4.78 is 44.2. The van der Waals surface area contributed by atoms with Gasteiger partial charge in [0, 0.05) is 11.6 Å². The fourth-order valence-electron chi connectivity index (χ4n) is 2.57. The molecule has 9 heteroatoms. The van der Waals surface area contributed by atoms with Gasteiger partial charge >= 0.3 is 6.18 Å². The number of amides is 1. The van der Waals surface area contributed by atoms with E-state index in [1.165, 1.54) is 19.4 Å². The van der Waals surface area contributed by atoms with E-state index < -0.39 is 23.1 Å². The highest BCUT2D eigenvalue weighted by molar-refractivity contribution is 5.98. The Kier molecular flexibility index (Phi) is 5.16. The standard InChI is InChI=1S/C19H14F3N3O3/c1-28-12-7-5-11(6-8-12)9-24-25-18(27)14-10-23-16-13(17(14)26)3-2-4-15(16)19(20,21)22/h2-10H,1H3,(H,23,26)(H,25,27)/b24-9-. The summed E-state index contributed by atoms with van der Waals surface area (Å²) in [4.78, 5) is 27.0. The molecule has 0 radical (unpaired) electrons. The van der Waals surface area contributed by atoms with Gasteiger partial charge in [-0.05, 0) is 42.0 Å². The first-order valence-corrected chi connectivity index (χ1v) is 8.00. The Bertz CT molecular complexity index is 1100. The second-order valence-electron chi connectivity index (χ2n) is 5.73. The largest absolute Gasteiger partial charge is 0.497 e. The van der Waals surface area contributed by atoms with Crippen molar-refractivity contribution in [2.75, 3.05) is 7.11 Å². The molecule has 144 valence electrons. The molecule has 0 atom stereocenters. The van der Waals surface area contributed by atoms with Crippen molar-refractivity contribution < 1.29 is 22.7 Å². The molecule has 0 saturated heterocycles. The molecule has 28 heavy (non-hydrogen) atoms. The lowest BCUT2D eigenvalue weighted by Crippen LogP contribution is -2.25. The average Bonchev–Trinajstić information content (AvgIpc) is 2.67. The first-order chi connectivity index (χ1) is 13.3. The van der Waals surface area contributed by atoms with E-state index in [2.05, 4.69) is 15.5 Å². The number of alkyl halides is 3. The van der Waals surface area contributed by atoms with Gasteiger partial charge < -0.3 is 9.72 Å². The number of aromatic amines is 1. The number of H-pyrrole nitrogens is 1. The molecule has 0 fully saturated rings. The fourth-order valence-corrected chi connectivity index (χ4v) is 2.57. The van der Waals surface area contributed by atoms with Crippen molar-refractivity contribution in [3.05, 3.63) is 75.6 Å². The lowest BCUT2D eigenvalue weighted by atomic mass is 10.1. The Morgan fingerprint density at radius 1 is 1.18 bits per heavy atom. The number of rotatable bonds is 4. The summed E-state index contributed by atoms with van der Waals surface area (Å²) in [6.07, 6.45) is -2.33. The maximum Gasteiger partial charge on any atom is 0.418 e. The zero-order chi connectivity index (χ0) is 20.3. The predicted molar refractivity (Wildman–Crippen MR) is 97.6 cm³/mol. The first kappa shape index (κ1) is 19.2. The van der Waals surface area contributed by atoms with Crippen LogP contribution >= 0.6 is 0 Å². The summed E-state index contributed by atoms with van der Waals surface area (Å²) in [6, 6.07) is 10.0. The summed E-state index contributed by atoms with van der Waals surface area (Å²) in [5, 5.41) is 3.52. The number of carbonyl (C=O) groups excluding carboxylic acids is 1. The summed E-state index contributed by atoms with van der Waals surface area (Å²) >= 11 is 0. The number of hydrogen-bond acceptors (Lipinski definition) is 4. The van der Waals surface area contributed by atoms with E-state index in [1.807, 2.05) is 0 Å². The molecule has 3 rings (SSSR count). The molecule has 1 amide bonds. The van der Waals surface area contributed by atoms with Gasteiger partial charge in [0.2, 0.25) is 5.43 Å². The third-order valence-electron chi connectivity index (χ3n) is 3.96. The van der Waals surface area contributed by atoms with Gasteiger partial charge in [-0.3, -0.25) is 9.59 Å². The van der Waals surface area contributed by atoms with Crippen LogP contribution in [-0.4, -0.2) is 24.2 Å². The van der Waals surface area contributed by atoms with Crippen molar-refractivity contribution in [1.29, 1.82) is 0 Å². The van der Waals surface area contributed by atoms with Crippen molar-refractivity contribution in [2.45, 2.75) is 6.18 Å². The minimum absolute atomic E-state index is 0.235. The van der Waals surface area contributed by atoms with Crippen molar-refractivity contribution in [2.24, 2.45) is 5.10 Å². The van der Waals surface area contributed by atoms with E-state index >= 15 is 0 Å². The number of carbonyl (C=O) groups is 1. The summed E-state index contributed by atoms with van der Waals surface area (Å²) in [7, 11) is 1.53. The highest BCUT2D eigenvalue weighted by Gasteiger charge is 2.33. The number of halogens is 3. The third kappa shape index (κ3) is 3.88. The van der Waals surface area contributed by atoms with Crippen molar-refractivity contribution in [3.8, 4) is 5.75 Å². The van der Waals surface area contributed by atoms with E-state index in [1.54, 1.807) is 24.3 Å². The second-order valence-corrected chi connectivity index (χ2v) is 5.73. The van der Waals surface area contributed by atoms with Crippen molar-refractivity contribution >= 4 is 23.0 Å². The minimum atomic E-state index is -4.63. The molecule has 0 unspecified atom stereocenters. The Morgan fingerprint density at radius 2 is 1.89 bits per heavy atom. The summed E-state index contributed by atoms with van der Waals surface area (Å²) in [5.41, 5.74) is 0.326. The van der Waals surface area contributed by atoms with Gasteiger partial charge in [0.15, 0.2) is 0 Å². The molecule has 2 N–H and O–H groups in total. The number of para-hydroxylation sites is 1. The highest BCUT2D eigenvalue weighted by Crippen LogP contribution is 2.32. The number of hydrazone groups is 1. The minimum Gasteiger partial charge on any atom is -0.497 e. The van der Waals surface area contributed by atoms with Gasteiger partial charge in [-0.15, -0.1) is 0 Å². The van der Waals surface area contributed by atoms with Crippen LogP contribution < -0.4 is 15.6 Å². The number of nitrogens with one attached hydrogen (secondary N) is 2. The molecule has 0 aliphatic carbocycles. The molecule has 0 spiro atoms. The normalized spacial score (nSPS) is 11.7. The number of benzene rings is 2. The predicted octanol–water partition coefficient (Wildman–Crippen LogP) is 3.32. The van der Waals surface area contributed by atoms with Gasteiger partial charge in [-0.2, -0.15) is 18.3 Å². The van der Waals surface area contributed by atoms with Crippen LogP contribution in [0.3, 0.4) is 0 Å². The number of nitrogens with zero attached hydrogens (tertiary/aromatic N) is 1. The first-order valence-electron chi connectivity index (χ1n) is 8.00. The van der Waals surface area contributed by atoms with E-state index in [0.29, 0.717) is 11.3 Å². The average molecular weight is 389 g/mol. The van der Waals surface area contributed by atoms with Crippen LogP contribution in [0.1, 0.15) is 21.5 Å². The Morgan fingerprint density at radius 3 is 2.54 bits per heavy atom. The highest BCUT2D eigenvalue weighted by atomic mass is 19.4. The molecular weight excluding hydrogens is 375 g/mol. The van der Waals surface area contributed by atoms with E-state index in [0.717, 1.165) is 18.3 Å². The lowest BCUT2D eigenvalue weighted by Gasteiger charge is -2.10. The van der Waals surface area contributed by atoms with Crippen molar-refractivity contribution in [3.63, 3.8) is 0 Å². The molecule has 1 aromatic heterocycles. The molecule has 6 nitrogen and oxygen atoms in total. The van der Waals surface area contributed by atoms with E-state index in [9.17, 15) is 22.8 Å². The number of hydrogen-bond donors (Lipinski definition) is 2. The monoisotopic (exact) mass is 389 g/mol. The SMILES string of the molecule is COc1ccc(/C=N\NC(=O)c2c[nH]c3c(C(F)(F)F)cccc3c2=O)cc1. The smallest absolute Gasteiger partial charge is 0.418 e. The van der Waals surface area contributed by atoms with Gasteiger partial charge in [-0.1, -0.05) is 6.07 Å². The van der Waals surface area contributed by atoms with Crippen LogP contribution in [0, 0.1) is 0 Å². The molecule has 0 aliphatic rings. The van der Waals surface area contributed by atoms with Gasteiger partial charge in [-0.25, -0.2) is 5.43 Å². The number of methoxy groups -OCH3 is 1. The molecule has 0 saturated carbocycles. The molecule has 2 aromatic carbocycles. The number of ether oxygens (including phenoxy) is 1. The topological polar surface area (TPSA) is 83.5 Å². The van der Waals surface area contributed by atoms with Crippen LogP contribution in [-0.2, 0) is 6.18 Å². The summed E-state index contributed by atoms with van der Waals surface area (Å²) in [5.74, 6) is -0.188. The zero-order valence-electron chi connectivity index (χ0n) is 14.5. The zero-order valence-corrected chi connectivity index (χ0v) is 14.5.